The highest BCUT2D eigenvalue weighted by atomic mass is 79.9. The Kier molecular flexibility index (Phi) is 3.32. The lowest BCUT2D eigenvalue weighted by Gasteiger charge is -2.20. The normalized spacial score (nSPS) is 15.7. The number of halogens is 2. The first kappa shape index (κ1) is 10.2. The molecule has 0 saturated heterocycles. The van der Waals surface area contributed by atoms with Crippen LogP contribution in [0.25, 0.3) is 0 Å². The number of aliphatic hydroxyl groups is 1. The predicted molar refractivity (Wildman–Crippen MR) is 57.5 cm³/mol. The molecule has 0 bridgehead atoms. The van der Waals surface area contributed by atoms with Gasteiger partial charge in [0.15, 0.2) is 0 Å². The van der Waals surface area contributed by atoms with E-state index in [4.69, 9.17) is 0 Å². The van der Waals surface area contributed by atoms with Gasteiger partial charge in [0.05, 0.1) is 5.60 Å². The molecule has 0 aliphatic carbocycles. The molecule has 1 aromatic carbocycles. The molecular weight excluding hydrogens is 284 g/mol. The average Bonchev–Trinajstić information content (AvgIpc) is 2.05. The van der Waals surface area contributed by atoms with Gasteiger partial charge >= 0.3 is 0 Å². The van der Waals surface area contributed by atoms with Gasteiger partial charge in [-0.2, -0.15) is 0 Å². The Labute approximate surface area is 89.1 Å². The Hall–Kier alpha value is 0.140. The van der Waals surface area contributed by atoms with Crippen LogP contribution in [0.5, 0.6) is 0 Å². The number of rotatable bonds is 2. The standard InChI is InChI=1S/C9H10Br2O/c1-9(12,6-10)7-2-4-8(11)5-3-7/h2-5,12H,6H2,1H3/t9-/m1/s1. The summed E-state index contributed by atoms with van der Waals surface area (Å²) in [6.07, 6.45) is 0. The van der Waals surface area contributed by atoms with E-state index in [2.05, 4.69) is 31.9 Å². The highest BCUT2D eigenvalue weighted by molar-refractivity contribution is 9.10. The summed E-state index contributed by atoms with van der Waals surface area (Å²) >= 11 is 6.61. The molecule has 0 aliphatic rings. The van der Waals surface area contributed by atoms with E-state index in [1.807, 2.05) is 24.3 Å². The van der Waals surface area contributed by atoms with Crippen LogP contribution in [0, 0.1) is 0 Å². The maximum absolute atomic E-state index is 9.82. The summed E-state index contributed by atoms with van der Waals surface area (Å²) in [4.78, 5) is 0. The molecular formula is C9H10Br2O. The van der Waals surface area contributed by atoms with Crippen LogP contribution in [0.15, 0.2) is 28.7 Å². The lowest BCUT2D eigenvalue weighted by molar-refractivity contribution is 0.0853. The van der Waals surface area contributed by atoms with Crippen LogP contribution in [0.4, 0.5) is 0 Å². The lowest BCUT2D eigenvalue weighted by Crippen LogP contribution is -2.22. The van der Waals surface area contributed by atoms with Crippen LogP contribution in [0.1, 0.15) is 12.5 Å². The maximum Gasteiger partial charge on any atom is 0.0964 e. The SMILES string of the molecule is C[C@@](O)(CBr)c1ccc(Br)cc1. The monoisotopic (exact) mass is 292 g/mol. The summed E-state index contributed by atoms with van der Waals surface area (Å²) in [6.45, 7) is 1.78. The second-order valence-electron chi connectivity index (χ2n) is 2.91. The third-order valence-electron chi connectivity index (χ3n) is 1.73. The second kappa shape index (κ2) is 3.90. The molecule has 66 valence electrons. The number of alkyl halides is 1. The van der Waals surface area contributed by atoms with Crippen LogP contribution in [-0.4, -0.2) is 10.4 Å². The van der Waals surface area contributed by atoms with Gasteiger partial charge in [0.25, 0.3) is 0 Å². The fourth-order valence-electron chi connectivity index (χ4n) is 0.886. The van der Waals surface area contributed by atoms with Gasteiger partial charge in [-0.25, -0.2) is 0 Å². The van der Waals surface area contributed by atoms with Crippen LogP contribution in [0.2, 0.25) is 0 Å². The topological polar surface area (TPSA) is 20.2 Å². The smallest absolute Gasteiger partial charge is 0.0964 e. The number of hydrogen-bond acceptors (Lipinski definition) is 1. The van der Waals surface area contributed by atoms with Crippen molar-refractivity contribution in [1.82, 2.24) is 0 Å². The first-order valence-corrected chi connectivity index (χ1v) is 5.52. The molecule has 1 aromatic rings. The van der Waals surface area contributed by atoms with E-state index < -0.39 is 5.60 Å². The van der Waals surface area contributed by atoms with Crippen molar-refractivity contribution in [3.63, 3.8) is 0 Å². The van der Waals surface area contributed by atoms with Crippen LogP contribution in [-0.2, 0) is 5.60 Å². The van der Waals surface area contributed by atoms with Crippen molar-refractivity contribution in [2.45, 2.75) is 12.5 Å². The van der Waals surface area contributed by atoms with Crippen molar-refractivity contribution in [3.8, 4) is 0 Å². The summed E-state index contributed by atoms with van der Waals surface area (Å²) in [7, 11) is 0. The molecule has 1 rings (SSSR count). The minimum Gasteiger partial charge on any atom is -0.385 e. The Morgan fingerprint density at radius 3 is 2.25 bits per heavy atom. The number of hydrogen-bond donors (Lipinski definition) is 1. The molecule has 1 N–H and O–H groups in total. The first-order chi connectivity index (χ1) is 5.56. The molecule has 0 fully saturated rings. The summed E-state index contributed by atoms with van der Waals surface area (Å²) in [5.41, 5.74) is 0.142. The summed E-state index contributed by atoms with van der Waals surface area (Å²) < 4.78 is 1.02. The molecule has 0 spiro atoms. The van der Waals surface area contributed by atoms with Gasteiger partial charge < -0.3 is 5.11 Å². The average molecular weight is 294 g/mol. The van der Waals surface area contributed by atoms with Gasteiger partial charge in [-0.05, 0) is 24.6 Å². The first-order valence-electron chi connectivity index (χ1n) is 3.60. The highest BCUT2D eigenvalue weighted by Gasteiger charge is 2.20. The molecule has 1 atom stereocenters. The maximum atomic E-state index is 9.82. The van der Waals surface area contributed by atoms with Crippen molar-refractivity contribution < 1.29 is 5.11 Å². The molecule has 0 saturated carbocycles. The van der Waals surface area contributed by atoms with E-state index >= 15 is 0 Å². The van der Waals surface area contributed by atoms with E-state index in [0.29, 0.717) is 5.33 Å². The zero-order valence-corrected chi connectivity index (χ0v) is 9.89. The van der Waals surface area contributed by atoms with E-state index in [9.17, 15) is 5.11 Å². The lowest BCUT2D eigenvalue weighted by atomic mass is 9.99. The van der Waals surface area contributed by atoms with Gasteiger partial charge in [0, 0.05) is 9.80 Å². The summed E-state index contributed by atoms with van der Waals surface area (Å²) in [6, 6.07) is 7.66. The Balaban J connectivity index is 2.96. The van der Waals surface area contributed by atoms with E-state index in [1.165, 1.54) is 0 Å². The minimum absolute atomic E-state index is 0.543. The van der Waals surface area contributed by atoms with E-state index in [0.717, 1.165) is 10.0 Å². The van der Waals surface area contributed by atoms with E-state index in [1.54, 1.807) is 6.92 Å². The third kappa shape index (κ3) is 2.31. The summed E-state index contributed by atoms with van der Waals surface area (Å²) in [5, 5.41) is 10.4. The van der Waals surface area contributed by atoms with Crippen molar-refractivity contribution >= 4 is 31.9 Å². The molecule has 0 aromatic heterocycles. The molecule has 0 aliphatic heterocycles. The van der Waals surface area contributed by atoms with Crippen molar-refractivity contribution in [3.05, 3.63) is 34.3 Å². The van der Waals surface area contributed by atoms with E-state index in [-0.39, 0.29) is 0 Å². The fourth-order valence-corrected chi connectivity index (χ4v) is 1.47. The van der Waals surface area contributed by atoms with Gasteiger partial charge in [0.2, 0.25) is 0 Å². The minimum atomic E-state index is -0.777. The Bertz CT molecular complexity index is 254. The van der Waals surface area contributed by atoms with Gasteiger partial charge in [-0.1, -0.05) is 44.0 Å². The van der Waals surface area contributed by atoms with Crippen molar-refractivity contribution in [2.75, 3.05) is 5.33 Å². The summed E-state index contributed by atoms with van der Waals surface area (Å²) in [5.74, 6) is 0. The number of benzene rings is 1. The zero-order valence-electron chi connectivity index (χ0n) is 6.72. The van der Waals surface area contributed by atoms with Gasteiger partial charge in [0.1, 0.15) is 0 Å². The second-order valence-corrected chi connectivity index (χ2v) is 4.39. The quantitative estimate of drug-likeness (QED) is 0.831. The molecule has 0 amide bonds. The molecule has 12 heavy (non-hydrogen) atoms. The zero-order chi connectivity index (χ0) is 9.19. The largest absolute Gasteiger partial charge is 0.385 e. The Morgan fingerprint density at radius 2 is 1.83 bits per heavy atom. The van der Waals surface area contributed by atoms with Crippen LogP contribution in [0.3, 0.4) is 0 Å². The molecule has 0 radical (unpaired) electrons. The third-order valence-corrected chi connectivity index (χ3v) is 3.35. The van der Waals surface area contributed by atoms with Crippen molar-refractivity contribution in [1.29, 1.82) is 0 Å². The van der Waals surface area contributed by atoms with Crippen LogP contribution >= 0.6 is 31.9 Å². The molecule has 0 unspecified atom stereocenters. The molecule has 3 heteroatoms. The molecule has 0 heterocycles. The highest BCUT2D eigenvalue weighted by Crippen LogP contribution is 2.23. The van der Waals surface area contributed by atoms with Gasteiger partial charge in [-0.15, -0.1) is 0 Å². The predicted octanol–water partition coefficient (Wildman–Crippen LogP) is 3.05. The fraction of sp³-hybridized carbons (Fsp3) is 0.333. The molecule has 1 nitrogen and oxygen atoms in total. The van der Waals surface area contributed by atoms with Gasteiger partial charge in [-0.3, -0.25) is 0 Å². The van der Waals surface area contributed by atoms with Crippen molar-refractivity contribution in [2.24, 2.45) is 0 Å². The van der Waals surface area contributed by atoms with Crippen LogP contribution < -0.4 is 0 Å². The Morgan fingerprint density at radius 1 is 1.33 bits per heavy atom.